The van der Waals surface area contributed by atoms with Crippen LogP contribution < -0.4 is 0 Å². The highest BCUT2D eigenvalue weighted by Crippen LogP contribution is 2.10. The van der Waals surface area contributed by atoms with Gasteiger partial charge in [0, 0.05) is 26.6 Å². The van der Waals surface area contributed by atoms with Crippen LogP contribution in [0.4, 0.5) is 0 Å². The summed E-state index contributed by atoms with van der Waals surface area (Å²) in [7, 11) is 4.51. The molecule has 2 aromatic rings. The van der Waals surface area contributed by atoms with Crippen LogP contribution in [0.15, 0.2) is 60.7 Å². The van der Waals surface area contributed by atoms with Crippen molar-refractivity contribution in [2.75, 3.05) is 0 Å². The molecule has 0 heterocycles. The van der Waals surface area contributed by atoms with Gasteiger partial charge in [0.25, 0.3) is 0 Å². The second-order valence-corrected chi connectivity index (χ2v) is 12.3. The lowest BCUT2D eigenvalue weighted by Gasteiger charge is -2.12. The highest BCUT2D eigenvalue weighted by molar-refractivity contribution is 7.31. The van der Waals surface area contributed by atoms with Gasteiger partial charge in [0.05, 0.1) is 0 Å². The Labute approximate surface area is 123 Å². The van der Waals surface area contributed by atoms with E-state index in [9.17, 15) is 0 Å². The summed E-state index contributed by atoms with van der Waals surface area (Å²) in [6, 6.07) is 24.5. The summed E-state index contributed by atoms with van der Waals surface area (Å²) in [5, 5.41) is 0. The Morgan fingerprint density at radius 3 is 1.53 bits per heavy atom. The molecule has 0 aliphatic rings. The third kappa shape index (κ3) is 5.30. The van der Waals surface area contributed by atoms with Crippen molar-refractivity contribution >= 4 is 26.6 Å². The third-order valence-corrected chi connectivity index (χ3v) is 11.1. The average Bonchev–Trinajstić information content (AvgIpc) is 2.49. The fourth-order valence-corrected chi connectivity index (χ4v) is 7.56. The Morgan fingerprint density at radius 2 is 1.16 bits per heavy atom. The Hall–Kier alpha value is -0.909. The van der Waals surface area contributed by atoms with Crippen molar-refractivity contribution in [2.45, 2.75) is 24.9 Å². The highest BCUT2D eigenvalue weighted by atomic mass is 29.5. The van der Waals surface area contributed by atoms with Crippen LogP contribution in [-0.4, -0.2) is 26.6 Å². The van der Waals surface area contributed by atoms with Crippen molar-refractivity contribution in [1.82, 2.24) is 0 Å². The second-order valence-electron chi connectivity index (χ2n) is 4.70. The van der Waals surface area contributed by atoms with Gasteiger partial charge in [0.2, 0.25) is 0 Å². The number of hydrogen-bond donors (Lipinski definition) is 0. The molecular weight excluding hydrogens is 276 g/mol. The van der Waals surface area contributed by atoms with Gasteiger partial charge in [-0.05, 0) is 24.0 Å². The van der Waals surface area contributed by atoms with Crippen molar-refractivity contribution in [3.8, 4) is 0 Å². The summed E-state index contributed by atoms with van der Waals surface area (Å²) in [6.45, 7) is 0. The molecule has 0 N–H and O–H groups in total. The van der Waals surface area contributed by atoms with Crippen LogP contribution >= 0.6 is 0 Å². The molecule has 0 fully saturated rings. The molecule has 0 amide bonds. The van der Waals surface area contributed by atoms with Gasteiger partial charge in [0.15, 0.2) is 0 Å². The minimum Gasteiger partial charge on any atom is -0.0622 e. The molecule has 0 aliphatic carbocycles. The molecular formula is C16H18Si3. The van der Waals surface area contributed by atoms with Gasteiger partial charge in [-0.1, -0.05) is 72.8 Å². The summed E-state index contributed by atoms with van der Waals surface area (Å²) in [4.78, 5) is 0. The van der Waals surface area contributed by atoms with Gasteiger partial charge < -0.3 is 0 Å². The standard InChI is InChI=1S/C16H18Si3/c17-18-19(13-11-15-7-3-1-4-8-15)14-12-16-9-5-2-6-10-16/h1-10H,11-14H2. The predicted octanol–water partition coefficient (Wildman–Crippen LogP) is 3.25. The third-order valence-electron chi connectivity index (χ3n) is 3.29. The first-order chi connectivity index (χ1) is 9.38. The van der Waals surface area contributed by atoms with Crippen LogP contribution in [0.2, 0.25) is 12.1 Å². The quantitative estimate of drug-likeness (QED) is 0.688. The van der Waals surface area contributed by atoms with Gasteiger partial charge in [-0.25, -0.2) is 0 Å². The Kier molecular flexibility index (Phi) is 6.33. The minimum atomic E-state index is -0.238. The van der Waals surface area contributed by atoms with Gasteiger partial charge in [0.1, 0.15) is 0 Å². The molecule has 94 valence electrons. The van der Waals surface area contributed by atoms with E-state index in [4.69, 9.17) is 0 Å². The molecule has 6 radical (unpaired) electrons. The summed E-state index contributed by atoms with van der Waals surface area (Å²) in [6.07, 6.45) is 2.48. The van der Waals surface area contributed by atoms with Gasteiger partial charge >= 0.3 is 0 Å². The lowest BCUT2D eigenvalue weighted by atomic mass is 10.2. The maximum atomic E-state index is 3.79. The van der Waals surface area contributed by atoms with Crippen molar-refractivity contribution in [3.63, 3.8) is 0 Å². The maximum absolute atomic E-state index is 3.79. The normalized spacial score (nSPS) is 10.8. The summed E-state index contributed by atoms with van der Waals surface area (Å²) in [5.41, 5.74) is 2.96. The molecule has 0 aliphatic heterocycles. The summed E-state index contributed by atoms with van der Waals surface area (Å²) < 4.78 is 0. The van der Waals surface area contributed by atoms with E-state index in [1.807, 2.05) is 0 Å². The molecule has 0 aromatic heterocycles. The molecule has 0 bridgehead atoms. The smallest absolute Gasteiger partial charge is 0.0310 e. The van der Waals surface area contributed by atoms with E-state index in [0.717, 1.165) is 8.55 Å². The fraction of sp³-hybridized carbons (Fsp3) is 0.250. The zero-order valence-corrected chi connectivity index (χ0v) is 14.1. The lowest BCUT2D eigenvalue weighted by molar-refractivity contribution is 1.07. The molecule has 0 nitrogen and oxygen atoms in total. The van der Waals surface area contributed by atoms with E-state index in [0.29, 0.717) is 0 Å². The number of aryl methyl sites for hydroxylation is 2. The van der Waals surface area contributed by atoms with Crippen LogP contribution in [0.5, 0.6) is 0 Å². The fourth-order valence-electron chi connectivity index (χ4n) is 2.13. The molecule has 2 aromatic carbocycles. The van der Waals surface area contributed by atoms with Crippen LogP contribution in [0, 0.1) is 0 Å². The Morgan fingerprint density at radius 1 is 0.737 bits per heavy atom. The summed E-state index contributed by atoms with van der Waals surface area (Å²) >= 11 is 0. The monoisotopic (exact) mass is 294 g/mol. The molecule has 0 saturated heterocycles. The topological polar surface area (TPSA) is 0 Å². The number of rotatable bonds is 7. The van der Waals surface area contributed by atoms with Gasteiger partial charge in [-0.15, -0.1) is 0 Å². The first-order valence-corrected chi connectivity index (χ1v) is 12.1. The maximum Gasteiger partial charge on any atom is 0.0310 e. The SMILES string of the molecule is [Si][Si][Si](CCc1ccccc1)CCc1ccccc1. The highest BCUT2D eigenvalue weighted by Gasteiger charge is 2.09. The van der Waals surface area contributed by atoms with Gasteiger partial charge in [-0.2, -0.15) is 0 Å². The van der Waals surface area contributed by atoms with Crippen molar-refractivity contribution in [2.24, 2.45) is 0 Å². The van der Waals surface area contributed by atoms with Crippen LogP contribution in [0.25, 0.3) is 0 Å². The van der Waals surface area contributed by atoms with E-state index < -0.39 is 0 Å². The average molecular weight is 295 g/mol. The molecule has 0 atom stereocenters. The minimum absolute atomic E-state index is 0.238. The second kappa shape index (κ2) is 8.30. The molecule has 3 heteroatoms. The van der Waals surface area contributed by atoms with Crippen LogP contribution in [0.1, 0.15) is 11.1 Å². The molecule has 0 spiro atoms. The summed E-state index contributed by atoms with van der Waals surface area (Å²) in [5.74, 6) is 0. The van der Waals surface area contributed by atoms with E-state index in [-0.39, 0.29) is 8.31 Å². The number of benzene rings is 2. The van der Waals surface area contributed by atoms with Crippen LogP contribution in [0.3, 0.4) is 0 Å². The predicted molar refractivity (Wildman–Crippen MR) is 87.2 cm³/mol. The first kappa shape index (κ1) is 14.5. The Balaban J connectivity index is 1.77. The number of hydrogen-bond acceptors (Lipinski definition) is 0. The zero-order chi connectivity index (χ0) is 13.3. The molecule has 0 saturated carbocycles. The zero-order valence-electron chi connectivity index (χ0n) is 11.1. The largest absolute Gasteiger partial charge is 0.0622 e. The van der Waals surface area contributed by atoms with E-state index in [1.165, 1.54) is 36.1 Å². The lowest BCUT2D eigenvalue weighted by Crippen LogP contribution is -2.23. The molecule has 0 unspecified atom stereocenters. The van der Waals surface area contributed by atoms with Crippen molar-refractivity contribution < 1.29 is 0 Å². The van der Waals surface area contributed by atoms with Crippen LogP contribution in [-0.2, 0) is 12.8 Å². The molecule has 2 rings (SSSR count). The first-order valence-electron chi connectivity index (χ1n) is 6.74. The Bertz CT molecular complexity index is 412. The van der Waals surface area contributed by atoms with E-state index in [1.54, 1.807) is 0 Å². The van der Waals surface area contributed by atoms with Gasteiger partial charge in [-0.3, -0.25) is 0 Å². The van der Waals surface area contributed by atoms with E-state index in [2.05, 4.69) is 70.4 Å². The van der Waals surface area contributed by atoms with E-state index >= 15 is 0 Å². The van der Waals surface area contributed by atoms with Crippen molar-refractivity contribution in [3.05, 3.63) is 71.8 Å². The molecule has 19 heavy (non-hydrogen) atoms. The van der Waals surface area contributed by atoms with Crippen molar-refractivity contribution in [1.29, 1.82) is 0 Å².